The lowest BCUT2D eigenvalue weighted by Gasteiger charge is -2.06. The monoisotopic (exact) mass is 386 g/mol. The summed E-state index contributed by atoms with van der Waals surface area (Å²) < 4.78 is 3.57. The van der Waals surface area contributed by atoms with E-state index >= 15 is 0 Å². The summed E-state index contributed by atoms with van der Waals surface area (Å²) in [5.74, 6) is -0.0321. The number of rotatable bonds is 8. The molecule has 4 aromatic rings. The van der Waals surface area contributed by atoms with E-state index in [9.17, 15) is 4.79 Å². The van der Waals surface area contributed by atoms with Crippen LogP contribution in [0.3, 0.4) is 0 Å². The molecule has 7 heteroatoms. The first kappa shape index (κ1) is 18.6. The van der Waals surface area contributed by atoms with E-state index in [4.69, 9.17) is 5.10 Å². The number of nitrogens with one attached hydrogen (secondary N) is 1. The summed E-state index contributed by atoms with van der Waals surface area (Å²) in [6, 6.07) is 20.2. The minimum atomic E-state index is -0.0321. The molecular weight excluding hydrogens is 364 g/mol. The quantitative estimate of drug-likeness (QED) is 0.505. The summed E-state index contributed by atoms with van der Waals surface area (Å²) in [7, 11) is 0. The first-order valence-electron chi connectivity index (χ1n) is 9.53. The van der Waals surface area contributed by atoms with E-state index in [2.05, 4.69) is 27.5 Å². The van der Waals surface area contributed by atoms with Gasteiger partial charge in [-0.2, -0.15) is 10.2 Å². The number of hydrogen-bond acceptors (Lipinski definition) is 4. The van der Waals surface area contributed by atoms with E-state index < -0.39 is 0 Å². The molecule has 0 saturated heterocycles. The second-order valence-electron chi connectivity index (χ2n) is 6.74. The van der Waals surface area contributed by atoms with Crippen LogP contribution in [0.5, 0.6) is 0 Å². The van der Waals surface area contributed by atoms with Crippen LogP contribution in [-0.2, 0) is 24.4 Å². The zero-order valence-corrected chi connectivity index (χ0v) is 16.0. The van der Waals surface area contributed by atoms with Crippen molar-refractivity contribution in [1.29, 1.82) is 0 Å². The first-order valence-corrected chi connectivity index (χ1v) is 9.53. The van der Waals surface area contributed by atoms with Crippen LogP contribution in [0.15, 0.2) is 79.5 Å². The topological polar surface area (TPSA) is 77.6 Å². The Balaban J connectivity index is 1.47. The van der Waals surface area contributed by atoms with Gasteiger partial charge in [0, 0.05) is 30.3 Å². The molecule has 7 nitrogen and oxygen atoms in total. The molecule has 4 rings (SSSR count). The number of aryl methyl sites for hydroxylation is 1. The van der Waals surface area contributed by atoms with Gasteiger partial charge in [0.25, 0.3) is 0 Å². The Kier molecular flexibility index (Phi) is 5.76. The fraction of sp³-hybridized carbons (Fsp3) is 0.182. The van der Waals surface area contributed by atoms with Crippen LogP contribution < -0.4 is 5.32 Å². The van der Waals surface area contributed by atoms with Crippen molar-refractivity contribution >= 4 is 5.91 Å². The average molecular weight is 386 g/mol. The van der Waals surface area contributed by atoms with Gasteiger partial charge in [0.2, 0.25) is 5.91 Å². The maximum absolute atomic E-state index is 12.3. The Labute approximate surface area is 169 Å². The maximum Gasteiger partial charge on any atom is 0.222 e. The summed E-state index contributed by atoms with van der Waals surface area (Å²) >= 11 is 0. The van der Waals surface area contributed by atoms with Crippen molar-refractivity contribution in [2.24, 2.45) is 0 Å². The minimum Gasteiger partial charge on any atom is -0.352 e. The molecule has 146 valence electrons. The van der Waals surface area contributed by atoms with Gasteiger partial charge in [0.15, 0.2) is 0 Å². The largest absolute Gasteiger partial charge is 0.352 e. The number of nitrogens with zero attached hydrogens (tertiary/aromatic N) is 5. The number of hydrogen-bond donors (Lipinski definition) is 1. The van der Waals surface area contributed by atoms with Gasteiger partial charge in [-0.25, -0.2) is 4.98 Å². The molecule has 0 saturated carbocycles. The molecule has 1 N–H and O–H groups in total. The van der Waals surface area contributed by atoms with Gasteiger partial charge in [-0.05, 0) is 5.56 Å². The summed E-state index contributed by atoms with van der Waals surface area (Å²) in [6.07, 6.45) is 5.43. The van der Waals surface area contributed by atoms with Gasteiger partial charge >= 0.3 is 0 Å². The molecule has 1 amide bonds. The third kappa shape index (κ3) is 4.95. The van der Waals surface area contributed by atoms with Crippen molar-refractivity contribution in [1.82, 2.24) is 29.9 Å². The van der Waals surface area contributed by atoms with Crippen molar-refractivity contribution < 1.29 is 4.79 Å². The molecule has 0 radical (unpaired) electrons. The molecule has 29 heavy (non-hydrogen) atoms. The van der Waals surface area contributed by atoms with Crippen molar-refractivity contribution in [3.05, 3.63) is 90.6 Å². The lowest BCUT2D eigenvalue weighted by molar-refractivity contribution is -0.121. The smallest absolute Gasteiger partial charge is 0.222 e. The van der Waals surface area contributed by atoms with Crippen LogP contribution in [0, 0.1) is 0 Å². The number of carbonyl (C=O) groups excluding carboxylic acids is 1. The fourth-order valence-corrected chi connectivity index (χ4v) is 3.13. The molecule has 0 aliphatic heterocycles. The van der Waals surface area contributed by atoms with Gasteiger partial charge in [-0.15, -0.1) is 0 Å². The fourth-order valence-electron chi connectivity index (χ4n) is 3.13. The highest BCUT2D eigenvalue weighted by molar-refractivity contribution is 5.76. The highest BCUT2D eigenvalue weighted by Gasteiger charge is 2.13. The number of aromatic nitrogens is 5. The van der Waals surface area contributed by atoms with Crippen molar-refractivity contribution in [2.45, 2.75) is 26.1 Å². The van der Waals surface area contributed by atoms with E-state index in [1.807, 2.05) is 59.4 Å². The standard InChI is InChI=1S/C22H22N6O/c29-21(11-12-27-17-23-16-25-27)24-13-20-15-28(14-18-7-3-1-4-8-18)26-22(20)19-9-5-2-6-10-19/h1-10,15-17H,11-14H2,(H,24,29). The summed E-state index contributed by atoms with van der Waals surface area (Å²) in [5, 5.41) is 11.8. The molecule has 0 aliphatic rings. The summed E-state index contributed by atoms with van der Waals surface area (Å²) in [5.41, 5.74) is 4.09. The summed E-state index contributed by atoms with van der Waals surface area (Å²) in [6.45, 7) is 1.61. The third-order valence-electron chi connectivity index (χ3n) is 4.58. The lowest BCUT2D eigenvalue weighted by Crippen LogP contribution is -2.24. The van der Waals surface area contributed by atoms with E-state index in [0.717, 1.165) is 16.8 Å². The molecule has 0 spiro atoms. The number of amides is 1. The van der Waals surface area contributed by atoms with E-state index in [0.29, 0.717) is 26.1 Å². The van der Waals surface area contributed by atoms with Gasteiger partial charge < -0.3 is 5.32 Å². The highest BCUT2D eigenvalue weighted by atomic mass is 16.1. The number of carbonyl (C=O) groups is 1. The Bertz CT molecular complexity index is 1040. The van der Waals surface area contributed by atoms with E-state index in [-0.39, 0.29) is 5.91 Å². The lowest BCUT2D eigenvalue weighted by atomic mass is 10.1. The highest BCUT2D eigenvalue weighted by Crippen LogP contribution is 2.22. The number of benzene rings is 2. The van der Waals surface area contributed by atoms with Crippen LogP contribution in [0.1, 0.15) is 17.5 Å². The maximum atomic E-state index is 12.3. The molecule has 2 aromatic heterocycles. The van der Waals surface area contributed by atoms with Gasteiger partial charge in [-0.1, -0.05) is 60.7 Å². The minimum absolute atomic E-state index is 0.0321. The van der Waals surface area contributed by atoms with E-state index in [1.54, 1.807) is 11.0 Å². The molecule has 0 atom stereocenters. The van der Waals surface area contributed by atoms with Crippen LogP contribution in [0.4, 0.5) is 0 Å². The Hall–Kier alpha value is -3.74. The van der Waals surface area contributed by atoms with Crippen molar-refractivity contribution in [3.8, 4) is 11.3 Å². The second kappa shape index (κ2) is 8.97. The zero-order chi connectivity index (χ0) is 19.9. The molecule has 2 heterocycles. The predicted molar refractivity (Wildman–Crippen MR) is 110 cm³/mol. The zero-order valence-electron chi connectivity index (χ0n) is 16.0. The molecule has 0 unspecified atom stereocenters. The molecular formula is C22H22N6O. The van der Waals surface area contributed by atoms with Crippen LogP contribution in [0.25, 0.3) is 11.3 Å². The predicted octanol–water partition coefficient (Wildman–Crippen LogP) is 2.90. The van der Waals surface area contributed by atoms with Gasteiger partial charge in [-0.3, -0.25) is 14.2 Å². The second-order valence-corrected chi connectivity index (χ2v) is 6.74. The Morgan fingerprint density at radius 1 is 0.966 bits per heavy atom. The first-order chi connectivity index (χ1) is 14.3. The summed E-state index contributed by atoms with van der Waals surface area (Å²) in [4.78, 5) is 16.1. The van der Waals surface area contributed by atoms with Crippen molar-refractivity contribution in [2.75, 3.05) is 0 Å². The van der Waals surface area contributed by atoms with Crippen LogP contribution >= 0.6 is 0 Å². The van der Waals surface area contributed by atoms with Gasteiger partial charge in [0.1, 0.15) is 12.7 Å². The SMILES string of the molecule is O=C(CCn1cncn1)NCc1cn(Cc2ccccc2)nc1-c1ccccc1. The van der Waals surface area contributed by atoms with Gasteiger partial charge in [0.05, 0.1) is 18.8 Å². The normalized spacial score (nSPS) is 10.8. The van der Waals surface area contributed by atoms with Crippen LogP contribution in [-0.4, -0.2) is 30.5 Å². The Morgan fingerprint density at radius 2 is 1.72 bits per heavy atom. The third-order valence-corrected chi connectivity index (χ3v) is 4.58. The Morgan fingerprint density at radius 3 is 2.45 bits per heavy atom. The van der Waals surface area contributed by atoms with E-state index in [1.165, 1.54) is 11.9 Å². The van der Waals surface area contributed by atoms with Crippen LogP contribution in [0.2, 0.25) is 0 Å². The molecule has 0 fully saturated rings. The molecule has 0 aliphatic carbocycles. The average Bonchev–Trinajstić information content (AvgIpc) is 3.42. The molecule has 0 bridgehead atoms. The molecule has 2 aromatic carbocycles. The van der Waals surface area contributed by atoms with Crippen molar-refractivity contribution in [3.63, 3.8) is 0 Å².